The van der Waals surface area contributed by atoms with Gasteiger partial charge in [-0.05, 0) is 49.6 Å². The van der Waals surface area contributed by atoms with Gasteiger partial charge in [-0.3, -0.25) is 10.1 Å². The first-order valence-corrected chi connectivity index (χ1v) is 6.79. The van der Waals surface area contributed by atoms with Gasteiger partial charge in [0.1, 0.15) is 5.82 Å². The SMILES string of the molecule is Cc1cc(C)nc(NC(=O)c2cc3cc(F)ccc3c(=O)o2)n1. The molecule has 1 amide bonds. The molecule has 0 aliphatic rings. The van der Waals surface area contributed by atoms with Gasteiger partial charge in [-0.25, -0.2) is 19.2 Å². The number of carbonyl (C=O) groups is 1. The van der Waals surface area contributed by atoms with Gasteiger partial charge >= 0.3 is 5.63 Å². The molecular weight excluding hydrogens is 301 g/mol. The number of benzene rings is 1. The van der Waals surface area contributed by atoms with E-state index in [1.807, 2.05) is 0 Å². The molecule has 0 fully saturated rings. The zero-order chi connectivity index (χ0) is 16.6. The van der Waals surface area contributed by atoms with E-state index in [-0.39, 0.29) is 22.5 Å². The van der Waals surface area contributed by atoms with Crippen molar-refractivity contribution < 1.29 is 13.6 Å². The van der Waals surface area contributed by atoms with Crippen molar-refractivity contribution in [2.24, 2.45) is 0 Å². The monoisotopic (exact) mass is 313 g/mol. The Morgan fingerprint density at radius 2 is 1.83 bits per heavy atom. The van der Waals surface area contributed by atoms with E-state index < -0.39 is 17.3 Å². The predicted octanol–water partition coefficient (Wildman–Crippen LogP) is 2.59. The molecule has 2 heterocycles. The highest BCUT2D eigenvalue weighted by molar-refractivity contribution is 6.03. The summed E-state index contributed by atoms with van der Waals surface area (Å²) in [6.45, 7) is 3.53. The van der Waals surface area contributed by atoms with Gasteiger partial charge in [0.2, 0.25) is 5.95 Å². The molecule has 116 valence electrons. The van der Waals surface area contributed by atoms with Gasteiger partial charge in [0.15, 0.2) is 5.76 Å². The Morgan fingerprint density at radius 1 is 1.13 bits per heavy atom. The Morgan fingerprint density at radius 3 is 2.52 bits per heavy atom. The molecule has 2 aromatic heterocycles. The maximum absolute atomic E-state index is 13.3. The molecular formula is C16H12FN3O3. The highest BCUT2D eigenvalue weighted by Gasteiger charge is 2.14. The fourth-order valence-electron chi connectivity index (χ4n) is 2.22. The lowest BCUT2D eigenvalue weighted by Crippen LogP contribution is -2.17. The van der Waals surface area contributed by atoms with Crippen molar-refractivity contribution in [3.8, 4) is 0 Å². The van der Waals surface area contributed by atoms with E-state index in [9.17, 15) is 14.0 Å². The summed E-state index contributed by atoms with van der Waals surface area (Å²) < 4.78 is 18.3. The summed E-state index contributed by atoms with van der Waals surface area (Å²) in [4.78, 5) is 32.2. The van der Waals surface area contributed by atoms with Crippen LogP contribution in [0.1, 0.15) is 21.9 Å². The second kappa shape index (κ2) is 5.60. The third-order valence-electron chi connectivity index (χ3n) is 3.15. The fourth-order valence-corrected chi connectivity index (χ4v) is 2.22. The van der Waals surface area contributed by atoms with Crippen LogP contribution in [0.25, 0.3) is 10.8 Å². The van der Waals surface area contributed by atoms with Gasteiger partial charge in [0.05, 0.1) is 5.39 Å². The summed E-state index contributed by atoms with van der Waals surface area (Å²) in [6.07, 6.45) is 0. The highest BCUT2D eigenvalue weighted by atomic mass is 19.1. The van der Waals surface area contributed by atoms with E-state index in [0.29, 0.717) is 11.4 Å². The molecule has 23 heavy (non-hydrogen) atoms. The van der Waals surface area contributed by atoms with Crippen molar-refractivity contribution in [2.45, 2.75) is 13.8 Å². The number of hydrogen-bond donors (Lipinski definition) is 1. The number of hydrogen-bond acceptors (Lipinski definition) is 5. The molecule has 1 N–H and O–H groups in total. The van der Waals surface area contributed by atoms with Gasteiger partial charge in [-0.15, -0.1) is 0 Å². The molecule has 6 nitrogen and oxygen atoms in total. The number of aromatic nitrogens is 2. The number of carbonyl (C=O) groups excluding carboxylic acids is 1. The van der Waals surface area contributed by atoms with E-state index in [2.05, 4.69) is 15.3 Å². The van der Waals surface area contributed by atoms with Crippen LogP contribution in [0, 0.1) is 19.7 Å². The van der Waals surface area contributed by atoms with Crippen molar-refractivity contribution in [3.63, 3.8) is 0 Å². The normalized spacial score (nSPS) is 10.7. The van der Waals surface area contributed by atoms with Gasteiger partial charge in [0, 0.05) is 11.4 Å². The second-order valence-electron chi connectivity index (χ2n) is 5.06. The molecule has 0 spiro atoms. The van der Waals surface area contributed by atoms with Crippen LogP contribution < -0.4 is 10.9 Å². The maximum Gasteiger partial charge on any atom is 0.344 e. The molecule has 1 aromatic carbocycles. The van der Waals surface area contributed by atoms with Crippen molar-refractivity contribution >= 4 is 22.6 Å². The lowest BCUT2D eigenvalue weighted by atomic mass is 10.1. The average molecular weight is 313 g/mol. The van der Waals surface area contributed by atoms with Crippen LogP contribution in [-0.2, 0) is 0 Å². The standard InChI is InChI=1S/C16H12FN3O3/c1-8-5-9(2)19-16(18-8)20-14(21)13-7-10-6-11(17)3-4-12(10)15(22)23-13/h3-7H,1-2H3,(H,18,19,20,21). The zero-order valence-corrected chi connectivity index (χ0v) is 12.4. The molecule has 0 saturated heterocycles. The molecule has 3 aromatic rings. The molecule has 0 aliphatic carbocycles. The van der Waals surface area contributed by atoms with Crippen LogP contribution in [0.4, 0.5) is 10.3 Å². The molecule has 3 rings (SSSR count). The molecule has 0 atom stereocenters. The second-order valence-corrected chi connectivity index (χ2v) is 5.06. The smallest absolute Gasteiger partial charge is 0.344 e. The third-order valence-corrected chi connectivity index (χ3v) is 3.15. The van der Waals surface area contributed by atoms with Crippen LogP contribution in [0.2, 0.25) is 0 Å². The van der Waals surface area contributed by atoms with Gasteiger partial charge in [0.25, 0.3) is 5.91 Å². The Kier molecular flexibility index (Phi) is 3.61. The largest absolute Gasteiger partial charge is 0.417 e. The topological polar surface area (TPSA) is 85.1 Å². The van der Waals surface area contributed by atoms with Crippen molar-refractivity contribution in [2.75, 3.05) is 5.32 Å². The van der Waals surface area contributed by atoms with Gasteiger partial charge in [-0.2, -0.15) is 0 Å². The average Bonchev–Trinajstić information content (AvgIpc) is 2.45. The minimum Gasteiger partial charge on any atom is -0.417 e. The van der Waals surface area contributed by atoms with Crippen LogP contribution in [-0.4, -0.2) is 15.9 Å². The fraction of sp³-hybridized carbons (Fsp3) is 0.125. The molecule has 0 aliphatic heterocycles. The number of anilines is 1. The van der Waals surface area contributed by atoms with Crippen LogP contribution in [0.3, 0.4) is 0 Å². The quantitative estimate of drug-likeness (QED) is 0.786. The van der Waals surface area contributed by atoms with Crippen molar-refractivity contribution in [1.82, 2.24) is 9.97 Å². The van der Waals surface area contributed by atoms with Gasteiger partial charge < -0.3 is 4.42 Å². The molecule has 7 heteroatoms. The first-order chi connectivity index (χ1) is 10.9. The van der Waals surface area contributed by atoms with E-state index in [1.54, 1.807) is 19.9 Å². The maximum atomic E-state index is 13.3. The number of halogens is 1. The number of nitrogens with one attached hydrogen (secondary N) is 1. The summed E-state index contributed by atoms with van der Waals surface area (Å²) in [6, 6.07) is 6.69. The summed E-state index contributed by atoms with van der Waals surface area (Å²) in [5.74, 6) is -1.32. The third kappa shape index (κ3) is 3.08. The van der Waals surface area contributed by atoms with Gasteiger partial charge in [-0.1, -0.05) is 0 Å². The Labute approximate surface area is 130 Å². The van der Waals surface area contributed by atoms with E-state index >= 15 is 0 Å². The summed E-state index contributed by atoms with van der Waals surface area (Å²) in [5, 5.41) is 2.94. The predicted molar refractivity (Wildman–Crippen MR) is 81.9 cm³/mol. The van der Waals surface area contributed by atoms with Crippen molar-refractivity contribution in [3.05, 3.63) is 63.7 Å². The summed E-state index contributed by atoms with van der Waals surface area (Å²) in [5.41, 5.74) is 0.665. The minimum atomic E-state index is -0.714. The summed E-state index contributed by atoms with van der Waals surface area (Å²) in [7, 11) is 0. The number of aryl methyl sites for hydroxylation is 2. The van der Waals surface area contributed by atoms with Crippen LogP contribution in [0.5, 0.6) is 0 Å². The first kappa shape index (κ1) is 14.8. The highest BCUT2D eigenvalue weighted by Crippen LogP contribution is 2.15. The number of rotatable bonds is 2. The Bertz CT molecular complexity index is 962. The first-order valence-electron chi connectivity index (χ1n) is 6.79. The molecule has 0 radical (unpaired) electrons. The number of amides is 1. The van der Waals surface area contributed by atoms with E-state index in [4.69, 9.17) is 4.42 Å². The van der Waals surface area contributed by atoms with E-state index in [1.165, 1.54) is 12.1 Å². The van der Waals surface area contributed by atoms with E-state index in [0.717, 1.165) is 12.1 Å². The lowest BCUT2D eigenvalue weighted by Gasteiger charge is -2.05. The lowest BCUT2D eigenvalue weighted by molar-refractivity contribution is 0.0992. The van der Waals surface area contributed by atoms with Crippen LogP contribution >= 0.6 is 0 Å². The number of fused-ring (bicyclic) bond motifs is 1. The van der Waals surface area contributed by atoms with Crippen LogP contribution in [0.15, 0.2) is 39.5 Å². The summed E-state index contributed by atoms with van der Waals surface area (Å²) >= 11 is 0. The Hall–Kier alpha value is -3.09. The zero-order valence-electron chi connectivity index (χ0n) is 12.4. The molecule has 0 bridgehead atoms. The van der Waals surface area contributed by atoms with Crippen molar-refractivity contribution in [1.29, 1.82) is 0 Å². The minimum absolute atomic E-state index is 0.106. The molecule has 0 saturated carbocycles. The Balaban J connectivity index is 1.99. The molecule has 0 unspecified atom stereocenters. The number of nitrogens with zero attached hydrogens (tertiary/aromatic N) is 2.